The highest BCUT2D eigenvalue weighted by Gasteiger charge is 2.19. The van der Waals surface area contributed by atoms with Gasteiger partial charge in [0.25, 0.3) is 5.88 Å². The summed E-state index contributed by atoms with van der Waals surface area (Å²) in [6.07, 6.45) is 3.22. The minimum absolute atomic E-state index is 0.0793. The fourth-order valence-corrected chi connectivity index (χ4v) is 3.14. The number of ether oxygens (including phenoxy) is 1. The number of oxazole rings is 1. The van der Waals surface area contributed by atoms with Gasteiger partial charge in [-0.1, -0.05) is 18.2 Å². The summed E-state index contributed by atoms with van der Waals surface area (Å²) in [6.45, 7) is 1.62. The topological polar surface area (TPSA) is 144 Å². The third-order valence-corrected chi connectivity index (χ3v) is 4.62. The summed E-state index contributed by atoms with van der Waals surface area (Å²) in [5.41, 5.74) is 4.90. The van der Waals surface area contributed by atoms with Crippen molar-refractivity contribution in [3.8, 4) is 28.8 Å². The van der Waals surface area contributed by atoms with Crippen LogP contribution in [-0.2, 0) is 0 Å². The molecule has 0 saturated carbocycles. The van der Waals surface area contributed by atoms with Crippen molar-refractivity contribution in [3.05, 3.63) is 82.0 Å². The molecule has 0 amide bonds. The molecule has 2 heterocycles. The number of methoxy groups -OCH3 is 1. The zero-order valence-electron chi connectivity index (χ0n) is 17.6. The van der Waals surface area contributed by atoms with E-state index in [0.29, 0.717) is 22.7 Å². The lowest BCUT2D eigenvalue weighted by Crippen LogP contribution is -1.96. The van der Waals surface area contributed by atoms with Crippen molar-refractivity contribution < 1.29 is 14.1 Å². The van der Waals surface area contributed by atoms with Gasteiger partial charge < -0.3 is 9.15 Å². The van der Waals surface area contributed by atoms with Gasteiger partial charge >= 0.3 is 5.69 Å². The summed E-state index contributed by atoms with van der Waals surface area (Å²) in [6, 6.07) is 15.9. The molecule has 0 fully saturated rings. The molecule has 0 aliphatic carbocycles. The van der Waals surface area contributed by atoms with Crippen LogP contribution in [0.2, 0.25) is 0 Å². The van der Waals surface area contributed by atoms with Crippen molar-refractivity contribution in [2.75, 3.05) is 12.5 Å². The van der Waals surface area contributed by atoms with E-state index >= 15 is 0 Å². The van der Waals surface area contributed by atoms with Crippen LogP contribution in [0.3, 0.4) is 0 Å². The molecule has 0 unspecified atom stereocenters. The predicted molar refractivity (Wildman–Crippen MR) is 119 cm³/mol. The molecule has 33 heavy (non-hydrogen) atoms. The van der Waals surface area contributed by atoms with E-state index in [0.717, 1.165) is 5.69 Å². The Bertz CT molecular complexity index is 1380. The Hall–Kier alpha value is -4.98. The van der Waals surface area contributed by atoms with Gasteiger partial charge in [-0.2, -0.15) is 15.5 Å². The summed E-state index contributed by atoms with van der Waals surface area (Å²) in [4.78, 5) is 14.9. The molecule has 0 aliphatic heterocycles. The standard InChI is InChI=1S/C22H17N7O4/c1-14-25-18(11-23)22(33-14)26-24-12-16-13-28(17-6-4-3-5-7-17)27-21(16)15-8-9-20(32-2)19(10-15)29(30)31/h3-10,12-13,26H,1-2H3/b24-12+. The number of para-hydroxylation sites is 1. The molecule has 164 valence electrons. The molecule has 4 aromatic rings. The van der Waals surface area contributed by atoms with E-state index < -0.39 is 4.92 Å². The van der Waals surface area contributed by atoms with E-state index in [1.165, 1.54) is 25.5 Å². The molecule has 0 bridgehead atoms. The van der Waals surface area contributed by atoms with Crippen LogP contribution in [0.1, 0.15) is 17.1 Å². The molecule has 0 aliphatic rings. The number of hydrazone groups is 1. The number of anilines is 1. The van der Waals surface area contributed by atoms with Crippen LogP contribution in [0.5, 0.6) is 5.75 Å². The number of rotatable bonds is 7. The summed E-state index contributed by atoms with van der Waals surface area (Å²) < 4.78 is 12.1. The van der Waals surface area contributed by atoms with E-state index in [-0.39, 0.29) is 23.0 Å². The van der Waals surface area contributed by atoms with Crippen LogP contribution in [0, 0.1) is 28.4 Å². The number of nitro groups is 1. The maximum Gasteiger partial charge on any atom is 0.311 e. The second-order valence-electron chi connectivity index (χ2n) is 6.75. The van der Waals surface area contributed by atoms with Gasteiger partial charge in [-0.05, 0) is 24.3 Å². The van der Waals surface area contributed by atoms with E-state index in [2.05, 4.69) is 20.6 Å². The van der Waals surface area contributed by atoms with Crippen LogP contribution in [-0.4, -0.2) is 33.0 Å². The molecular formula is C22H17N7O4. The highest BCUT2D eigenvalue weighted by atomic mass is 16.6. The first-order valence-corrected chi connectivity index (χ1v) is 9.64. The Labute approximate surface area is 187 Å². The lowest BCUT2D eigenvalue weighted by molar-refractivity contribution is -0.385. The Balaban J connectivity index is 1.76. The third-order valence-electron chi connectivity index (χ3n) is 4.62. The van der Waals surface area contributed by atoms with Crippen molar-refractivity contribution in [3.63, 3.8) is 0 Å². The molecule has 2 aromatic carbocycles. The van der Waals surface area contributed by atoms with Gasteiger partial charge in [0.1, 0.15) is 11.8 Å². The highest BCUT2D eigenvalue weighted by molar-refractivity contribution is 5.89. The minimum Gasteiger partial charge on any atom is -0.490 e. The second-order valence-corrected chi connectivity index (χ2v) is 6.75. The molecule has 11 heteroatoms. The Morgan fingerprint density at radius 1 is 1.30 bits per heavy atom. The fraction of sp³-hybridized carbons (Fsp3) is 0.0909. The Morgan fingerprint density at radius 3 is 2.79 bits per heavy atom. The van der Waals surface area contributed by atoms with Gasteiger partial charge in [0.05, 0.1) is 23.9 Å². The first kappa shape index (κ1) is 21.3. The van der Waals surface area contributed by atoms with Crippen molar-refractivity contribution >= 4 is 17.8 Å². The van der Waals surface area contributed by atoms with Crippen molar-refractivity contribution in [2.45, 2.75) is 6.92 Å². The number of nitriles is 1. The Morgan fingerprint density at radius 2 is 2.09 bits per heavy atom. The maximum absolute atomic E-state index is 11.5. The average Bonchev–Trinajstić information content (AvgIpc) is 3.42. The van der Waals surface area contributed by atoms with Gasteiger partial charge in [-0.3, -0.25) is 10.1 Å². The summed E-state index contributed by atoms with van der Waals surface area (Å²) in [7, 11) is 1.37. The summed E-state index contributed by atoms with van der Waals surface area (Å²) >= 11 is 0. The first-order valence-electron chi connectivity index (χ1n) is 9.64. The van der Waals surface area contributed by atoms with Crippen molar-refractivity contribution in [1.82, 2.24) is 14.8 Å². The number of nitrogens with zero attached hydrogens (tertiary/aromatic N) is 6. The SMILES string of the molecule is COc1ccc(-c2nn(-c3ccccc3)cc2/C=N/Nc2oc(C)nc2C#N)cc1[N+](=O)[O-]. The summed E-state index contributed by atoms with van der Waals surface area (Å²) in [5.74, 6) is 0.587. The van der Waals surface area contributed by atoms with Gasteiger partial charge in [-0.15, -0.1) is 0 Å². The molecule has 0 saturated heterocycles. The quantitative estimate of drug-likeness (QED) is 0.256. The first-order chi connectivity index (χ1) is 16.0. The third kappa shape index (κ3) is 4.40. The zero-order chi connectivity index (χ0) is 23.4. The average molecular weight is 443 g/mol. The van der Waals surface area contributed by atoms with Crippen LogP contribution >= 0.6 is 0 Å². The largest absolute Gasteiger partial charge is 0.490 e. The number of benzene rings is 2. The number of hydrogen-bond acceptors (Lipinski definition) is 9. The second kappa shape index (κ2) is 9.03. The number of nitro benzene ring substituents is 1. The van der Waals surface area contributed by atoms with Crippen LogP contribution in [0.25, 0.3) is 16.9 Å². The lowest BCUT2D eigenvalue weighted by atomic mass is 10.1. The fourth-order valence-electron chi connectivity index (χ4n) is 3.14. The number of aromatic nitrogens is 3. The lowest BCUT2D eigenvalue weighted by Gasteiger charge is -2.04. The van der Waals surface area contributed by atoms with Crippen LogP contribution < -0.4 is 10.2 Å². The Kier molecular flexibility index (Phi) is 5.81. The molecule has 1 N–H and O–H groups in total. The number of nitrogens with one attached hydrogen (secondary N) is 1. The zero-order valence-corrected chi connectivity index (χ0v) is 17.6. The maximum atomic E-state index is 11.5. The predicted octanol–water partition coefficient (Wildman–Crippen LogP) is 4.07. The van der Waals surface area contributed by atoms with Gasteiger partial charge in [0.15, 0.2) is 11.6 Å². The smallest absolute Gasteiger partial charge is 0.311 e. The monoisotopic (exact) mass is 443 g/mol. The molecule has 0 atom stereocenters. The highest BCUT2D eigenvalue weighted by Crippen LogP contribution is 2.33. The van der Waals surface area contributed by atoms with E-state index in [1.54, 1.807) is 23.9 Å². The van der Waals surface area contributed by atoms with Gasteiger partial charge in [0, 0.05) is 30.3 Å². The molecule has 11 nitrogen and oxygen atoms in total. The van der Waals surface area contributed by atoms with Crippen LogP contribution in [0.4, 0.5) is 11.6 Å². The van der Waals surface area contributed by atoms with E-state index in [1.807, 2.05) is 36.4 Å². The molecule has 0 spiro atoms. The molecular weight excluding hydrogens is 426 g/mol. The van der Waals surface area contributed by atoms with Crippen molar-refractivity contribution in [2.24, 2.45) is 5.10 Å². The van der Waals surface area contributed by atoms with Crippen molar-refractivity contribution in [1.29, 1.82) is 5.26 Å². The van der Waals surface area contributed by atoms with E-state index in [4.69, 9.17) is 14.4 Å². The van der Waals surface area contributed by atoms with E-state index in [9.17, 15) is 10.1 Å². The number of hydrogen-bond donors (Lipinski definition) is 1. The van der Waals surface area contributed by atoms with Gasteiger partial charge in [-0.25, -0.2) is 15.1 Å². The molecule has 0 radical (unpaired) electrons. The van der Waals surface area contributed by atoms with Gasteiger partial charge in [0.2, 0.25) is 5.69 Å². The number of aryl methyl sites for hydroxylation is 1. The van der Waals surface area contributed by atoms with Crippen LogP contribution in [0.15, 0.2) is 64.2 Å². The molecule has 4 rings (SSSR count). The summed E-state index contributed by atoms with van der Waals surface area (Å²) in [5, 5.41) is 29.4. The minimum atomic E-state index is -0.512. The normalized spacial score (nSPS) is 10.8. The molecule has 2 aromatic heterocycles.